The van der Waals surface area contributed by atoms with E-state index in [1.807, 2.05) is 5.30 Å². The van der Waals surface area contributed by atoms with Crippen molar-refractivity contribution < 1.29 is 27.1 Å². The van der Waals surface area contributed by atoms with Gasteiger partial charge in [0.25, 0.3) is 0 Å². The van der Waals surface area contributed by atoms with Crippen molar-refractivity contribution in [1.29, 1.82) is 0 Å². The van der Waals surface area contributed by atoms with Crippen LogP contribution in [0.4, 0.5) is 5.69 Å². The van der Waals surface area contributed by atoms with Gasteiger partial charge in [0.15, 0.2) is 0 Å². The molecule has 1 saturated heterocycles. The maximum Gasteiger partial charge on any atom is 0.0642 e. The SMILES string of the molecule is [Au].c1ccc(P(C23CC4CC(CC(C4)C2)C3)C23CC4CC(CC(C4)C2)C3)c(N2CCOCC2)c1. The van der Waals surface area contributed by atoms with Crippen molar-refractivity contribution in [3.05, 3.63) is 24.3 Å². The molecule has 10 rings (SSSR count). The Bertz CT molecular complexity index is 812. The van der Waals surface area contributed by atoms with Crippen LogP contribution in [-0.2, 0) is 27.1 Å². The molecule has 0 atom stereocenters. The van der Waals surface area contributed by atoms with E-state index in [2.05, 4.69) is 29.2 Å². The summed E-state index contributed by atoms with van der Waals surface area (Å²) in [4.78, 5) is 2.72. The quantitative estimate of drug-likeness (QED) is 0.268. The molecule has 189 valence electrons. The number of hydrogen-bond donors (Lipinski definition) is 0. The first-order chi connectivity index (χ1) is 16.2. The van der Waals surface area contributed by atoms with Crippen LogP contribution in [0.5, 0.6) is 0 Å². The van der Waals surface area contributed by atoms with Gasteiger partial charge in [-0.1, -0.05) is 26.1 Å². The third kappa shape index (κ3) is 3.60. The van der Waals surface area contributed by atoms with Crippen molar-refractivity contribution in [1.82, 2.24) is 0 Å². The molecule has 0 aromatic heterocycles. The van der Waals surface area contributed by atoms with E-state index in [0.29, 0.717) is 10.3 Å². The summed E-state index contributed by atoms with van der Waals surface area (Å²) in [6.45, 7) is 3.98. The number of ether oxygens (including phenoxy) is 1. The summed E-state index contributed by atoms with van der Waals surface area (Å²) in [7, 11) is -0.132. The fraction of sp³-hybridized carbons (Fsp3) is 0.800. The summed E-state index contributed by atoms with van der Waals surface area (Å²) in [5, 5.41) is 3.18. The van der Waals surface area contributed by atoms with E-state index in [1.165, 1.54) is 0 Å². The molecule has 1 heterocycles. The number of morpholine rings is 1. The third-order valence-electron chi connectivity index (χ3n) is 11.4. The summed E-state index contributed by atoms with van der Waals surface area (Å²) in [5.41, 5.74) is 1.62. The zero-order chi connectivity index (χ0) is 21.6. The van der Waals surface area contributed by atoms with Crippen molar-refractivity contribution in [3.8, 4) is 0 Å². The van der Waals surface area contributed by atoms with Gasteiger partial charge in [0.05, 0.1) is 13.2 Å². The van der Waals surface area contributed by atoms with Gasteiger partial charge in [-0.2, -0.15) is 0 Å². The molecule has 9 aliphatic rings. The Balaban J connectivity index is 0.00000200. The molecule has 1 radical (unpaired) electrons. The van der Waals surface area contributed by atoms with Gasteiger partial charge in [-0.25, -0.2) is 0 Å². The maximum absolute atomic E-state index is 5.79. The minimum absolute atomic E-state index is 0. The summed E-state index contributed by atoms with van der Waals surface area (Å²) in [6.07, 6.45) is 19.0. The average molecular weight is 661 g/mol. The predicted molar refractivity (Wildman–Crippen MR) is 138 cm³/mol. The fourth-order valence-corrected chi connectivity index (χ4v) is 16.8. The van der Waals surface area contributed by atoms with Crippen molar-refractivity contribution in [2.24, 2.45) is 35.5 Å². The molecule has 8 aliphatic carbocycles. The van der Waals surface area contributed by atoms with Crippen LogP contribution in [0, 0.1) is 35.5 Å². The summed E-state index contributed by atoms with van der Waals surface area (Å²) in [6, 6.07) is 9.90. The zero-order valence-corrected chi connectivity index (χ0v) is 23.8. The smallest absolute Gasteiger partial charge is 0.0642 e. The van der Waals surface area contributed by atoms with Gasteiger partial charge in [0, 0.05) is 46.5 Å². The van der Waals surface area contributed by atoms with Crippen molar-refractivity contribution in [3.63, 3.8) is 0 Å². The number of hydrogen-bond acceptors (Lipinski definition) is 2. The van der Waals surface area contributed by atoms with Gasteiger partial charge in [0.2, 0.25) is 0 Å². The van der Waals surface area contributed by atoms with E-state index in [-0.39, 0.29) is 30.3 Å². The Labute approximate surface area is 223 Å². The first-order valence-electron chi connectivity index (χ1n) is 14.4. The van der Waals surface area contributed by atoms with Gasteiger partial charge in [-0.15, -0.1) is 0 Å². The van der Waals surface area contributed by atoms with Gasteiger partial charge in [-0.3, -0.25) is 0 Å². The van der Waals surface area contributed by atoms with Crippen LogP contribution in [0.3, 0.4) is 0 Å². The third-order valence-corrected chi connectivity index (χ3v) is 15.3. The van der Waals surface area contributed by atoms with Crippen LogP contribution in [0.25, 0.3) is 0 Å². The summed E-state index contributed by atoms with van der Waals surface area (Å²) >= 11 is 0. The molecule has 1 aromatic rings. The number of rotatable bonds is 4. The molecule has 8 bridgehead atoms. The maximum atomic E-state index is 5.79. The zero-order valence-electron chi connectivity index (χ0n) is 20.7. The Morgan fingerprint density at radius 2 is 1.06 bits per heavy atom. The second-order valence-electron chi connectivity index (χ2n) is 13.7. The molecule has 0 N–H and O–H groups in total. The number of nitrogens with zero attached hydrogens (tertiary/aromatic N) is 1. The first kappa shape index (κ1) is 23.3. The monoisotopic (exact) mass is 660 g/mol. The molecular formula is C30H42AuNOP. The second kappa shape index (κ2) is 8.59. The molecule has 0 spiro atoms. The topological polar surface area (TPSA) is 12.5 Å². The molecule has 34 heavy (non-hydrogen) atoms. The predicted octanol–water partition coefficient (Wildman–Crippen LogP) is 6.57. The molecule has 1 aromatic carbocycles. The van der Waals surface area contributed by atoms with Gasteiger partial charge >= 0.3 is 0 Å². The first-order valence-corrected chi connectivity index (χ1v) is 15.7. The van der Waals surface area contributed by atoms with Crippen LogP contribution in [0.15, 0.2) is 24.3 Å². The molecule has 0 amide bonds. The van der Waals surface area contributed by atoms with E-state index in [4.69, 9.17) is 4.74 Å². The largest absolute Gasteiger partial charge is 0.378 e. The van der Waals surface area contributed by atoms with E-state index >= 15 is 0 Å². The Morgan fingerprint density at radius 3 is 1.50 bits per heavy atom. The van der Waals surface area contributed by atoms with Crippen LogP contribution < -0.4 is 10.2 Å². The van der Waals surface area contributed by atoms with Crippen LogP contribution in [0.2, 0.25) is 0 Å². The van der Waals surface area contributed by atoms with E-state index in [9.17, 15) is 0 Å². The van der Waals surface area contributed by atoms with Crippen LogP contribution >= 0.6 is 7.92 Å². The minimum atomic E-state index is -0.132. The van der Waals surface area contributed by atoms with Crippen molar-refractivity contribution >= 4 is 18.9 Å². The molecule has 4 heteroatoms. The van der Waals surface area contributed by atoms with E-state index < -0.39 is 0 Å². The Kier molecular flexibility index (Phi) is 5.88. The molecule has 0 unspecified atom stereocenters. The van der Waals surface area contributed by atoms with Gasteiger partial charge < -0.3 is 9.64 Å². The minimum Gasteiger partial charge on any atom is -0.378 e. The number of benzene rings is 1. The van der Waals surface area contributed by atoms with Gasteiger partial charge in [-0.05, 0) is 129 Å². The number of anilines is 1. The normalized spacial score (nSPS) is 47.0. The molecule has 2 nitrogen and oxygen atoms in total. The summed E-state index contributed by atoms with van der Waals surface area (Å²) < 4.78 is 5.79. The van der Waals surface area contributed by atoms with Crippen LogP contribution in [-0.4, -0.2) is 36.6 Å². The molecule has 9 fully saturated rings. The summed E-state index contributed by atoms with van der Waals surface area (Å²) in [5.74, 6) is 6.37. The molecular weight excluding hydrogens is 618 g/mol. The Morgan fingerprint density at radius 1 is 0.647 bits per heavy atom. The molecule has 1 aliphatic heterocycles. The Hall–Kier alpha value is 0.150. The average Bonchev–Trinajstić information content (AvgIpc) is 2.78. The molecule has 8 saturated carbocycles. The fourth-order valence-electron chi connectivity index (χ4n) is 11.4. The standard InChI is InChI=1S/C30H42NOP.Au/c1-2-4-28(27(3-1)31-5-7-32-8-6-31)33(29-15-21-9-22(16-29)11-23(10-21)17-29)30-18-24-12-25(19-30)14-26(13-24)20-30;/h1-4,21-26H,5-20H2;. The van der Waals surface area contributed by atoms with Gasteiger partial charge in [0.1, 0.15) is 0 Å². The second-order valence-corrected chi connectivity index (χ2v) is 16.8. The van der Waals surface area contributed by atoms with Crippen LogP contribution in [0.1, 0.15) is 77.0 Å². The van der Waals surface area contributed by atoms with Crippen molar-refractivity contribution in [2.75, 3.05) is 31.2 Å². The van der Waals surface area contributed by atoms with E-state index in [0.717, 1.165) is 61.8 Å². The van der Waals surface area contributed by atoms with Crippen molar-refractivity contribution in [2.45, 2.75) is 87.4 Å². The number of para-hydroxylation sites is 1. The van der Waals surface area contributed by atoms with E-state index in [1.54, 1.807) is 82.7 Å².